The molecule has 0 radical (unpaired) electrons. The monoisotopic (exact) mass is 532 g/mol. The molecule has 13 nitrogen and oxygen atoms in total. The standard InChI is InChI=1S/C24H44N4O9/c1-22(2,3)35-19(31)25-13-14-28(15-26-20(32)36-23(4,5)6)17(29)12-11-16(18(30)34-10)27-21(33)37-24(7,8)9/h16H,11-15H2,1-10H3,(H,25,31)(H,26,32)(H,27,33)/t16-/m0/s1. The molecule has 0 aliphatic rings. The summed E-state index contributed by atoms with van der Waals surface area (Å²) < 4.78 is 20.3. The normalized spacial score (nSPS) is 12.5. The molecule has 37 heavy (non-hydrogen) atoms. The van der Waals surface area contributed by atoms with Gasteiger partial charge < -0.3 is 39.8 Å². The van der Waals surface area contributed by atoms with Crippen LogP contribution in [-0.4, -0.2) is 84.8 Å². The summed E-state index contributed by atoms with van der Waals surface area (Å²) in [7, 11) is 1.16. The number of methoxy groups -OCH3 is 1. The Balaban J connectivity index is 5.25. The van der Waals surface area contributed by atoms with E-state index < -0.39 is 53.0 Å². The maximum absolute atomic E-state index is 13.0. The Bertz CT molecular complexity index is 796. The molecule has 0 unspecified atom stereocenters. The zero-order valence-electron chi connectivity index (χ0n) is 23.7. The lowest BCUT2D eigenvalue weighted by molar-refractivity contribution is -0.143. The Morgan fingerprint density at radius 2 is 1.19 bits per heavy atom. The molecular weight excluding hydrogens is 488 g/mol. The molecule has 1 atom stereocenters. The van der Waals surface area contributed by atoms with Gasteiger partial charge in [0.1, 0.15) is 22.8 Å². The third-order valence-electron chi connectivity index (χ3n) is 4.04. The Kier molecular flexibility index (Phi) is 13.2. The second-order valence-corrected chi connectivity index (χ2v) is 11.2. The largest absolute Gasteiger partial charge is 0.467 e. The third kappa shape index (κ3) is 17.8. The van der Waals surface area contributed by atoms with Crippen molar-refractivity contribution >= 4 is 30.2 Å². The number of carbonyl (C=O) groups is 5. The molecular formula is C24H44N4O9. The van der Waals surface area contributed by atoms with Gasteiger partial charge in [-0.15, -0.1) is 0 Å². The smallest absolute Gasteiger partial charge is 0.409 e. The van der Waals surface area contributed by atoms with E-state index in [1.54, 1.807) is 62.3 Å². The van der Waals surface area contributed by atoms with Gasteiger partial charge in [-0.2, -0.15) is 0 Å². The van der Waals surface area contributed by atoms with Crippen LogP contribution in [0.25, 0.3) is 0 Å². The molecule has 0 saturated carbocycles. The summed E-state index contributed by atoms with van der Waals surface area (Å²) in [6, 6.07) is -1.13. The van der Waals surface area contributed by atoms with Crippen molar-refractivity contribution in [3.05, 3.63) is 0 Å². The van der Waals surface area contributed by atoms with E-state index in [2.05, 4.69) is 16.0 Å². The number of carbonyl (C=O) groups excluding carboxylic acids is 5. The lowest BCUT2D eigenvalue weighted by atomic mass is 10.1. The minimum absolute atomic E-state index is 0.0241. The van der Waals surface area contributed by atoms with Crippen molar-refractivity contribution in [3.63, 3.8) is 0 Å². The second kappa shape index (κ2) is 14.5. The Morgan fingerprint density at radius 1 is 0.730 bits per heavy atom. The van der Waals surface area contributed by atoms with Gasteiger partial charge in [-0.1, -0.05) is 0 Å². The van der Waals surface area contributed by atoms with Crippen LogP contribution < -0.4 is 16.0 Å². The van der Waals surface area contributed by atoms with E-state index in [9.17, 15) is 24.0 Å². The van der Waals surface area contributed by atoms with Crippen molar-refractivity contribution in [2.45, 2.75) is 98.0 Å². The van der Waals surface area contributed by atoms with Gasteiger partial charge in [-0.05, 0) is 68.7 Å². The highest BCUT2D eigenvalue weighted by Crippen LogP contribution is 2.10. The van der Waals surface area contributed by atoms with Crippen LogP contribution in [0, 0.1) is 0 Å². The number of nitrogens with one attached hydrogen (secondary N) is 3. The molecule has 0 aromatic rings. The Morgan fingerprint density at radius 3 is 1.65 bits per heavy atom. The second-order valence-electron chi connectivity index (χ2n) is 11.2. The zero-order valence-corrected chi connectivity index (χ0v) is 23.7. The minimum atomic E-state index is -1.13. The minimum Gasteiger partial charge on any atom is -0.467 e. The molecule has 0 aromatic heterocycles. The molecule has 13 heteroatoms. The predicted octanol–water partition coefficient (Wildman–Crippen LogP) is 2.67. The summed E-state index contributed by atoms with van der Waals surface area (Å²) in [6.07, 6.45) is -2.50. The van der Waals surface area contributed by atoms with Gasteiger partial charge >= 0.3 is 24.2 Å². The number of nitrogens with zero attached hydrogens (tertiary/aromatic N) is 1. The molecule has 3 N–H and O–H groups in total. The third-order valence-corrected chi connectivity index (χ3v) is 4.04. The van der Waals surface area contributed by atoms with Crippen molar-refractivity contribution < 1.29 is 42.9 Å². The molecule has 0 bridgehead atoms. The van der Waals surface area contributed by atoms with Crippen LogP contribution in [0.5, 0.6) is 0 Å². The van der Waals surface area contributed by atoms with E-state index in [-0.39, 0.29) is 32.6 Å². The first-order valence-corrected chi connectivity index (χ1v) is 12.0. The van der Waals surface area contributed by atoms with E-state index in [1.165, 1.54) is 4.90 Å². The molecule has 214 valence electrons. The van der Waals surface area contributed by atoms with Crippen LogP contribution in [0.4, 0.5) is 14.4 Å². The van der Waals surface area contributed by atoms with Crippen LogP contribution in [0.1, 0.15) is 75.2 Å². The fourth-order valence-electron chi connectivity index (χ4n) is 2.64. The number of ether oxygens (including phenoxy) is 4. The summed E-state index contributed by atoms with van der Waals surface area (Å²) >= 11 is 0. The summed E-state index contributed by atoms with van der Waals surface area (Å²) in [5.74, 6) is -1.20. The van der Waals surface area contributed by atoms with Crippen LogP contribution >= 0.6 is 0 Å². The summed E-state index contributed by atoms with van der Waals surface area (Å²) in [4.78, 5) is 62.5. The SMILES string of the molecule is COC(=O)[C@H](CCC(=O)N(CCNC(=O)OC(C)(C)C)CNC(=O)OC(C)(C)C)NC(=O)OC(C)(C)C. The lowest BCUT2D eigenvalue weighted by Crippen LogP contribution is -2.47. The highest BCUT2D eigenvalue weighted by molar-refractivity contribution is 5.83. The molecule has 0 heterocycles. The lowest BCUT2D eigenvalue weighted by Gasteiger charge is -2.26. The molecule has 4 amide bonds. The first kappa shape index (κ1) is 33.8. The summed E-state index contributed by atoms with van der Waals surface area (Å²) in [6.45, 7) is 15.1. The quantitative estimate of drug-likeness (QED) is 0.218. The molecule has 0 aliphatic carbocycles. The maximum atomic E-state index is 13.0. The van der Waals surface area contributed by atoms with Crippen LogP contribution in [-0.2, 0) is 28.5 Å². The fourth-order valence-corrected chi connectivity index (χ4v) is 2.64. The molecule has 0 aliphatic heterocycles. The van der Waals surface area contributed by atoms with Crippen LogP contribution in [0.3, 0.4) is 0 Å². The topological polar surface area (TPSA) is 162 Å². The van der Waals surface area contributed by atoms with Crippen LogP contribution in [0.15, 0.2) is 0 Å². The average molecular weight is 533 g/mol. The van der Waals surface area contributed by atoms with E-state index >= 15 is 0 Å². The van der Waals surface area contributed by atoms with E-state index in [0.717, 1.165) is 7.11 Å². The van der Waals surface area contributed by atoms with Crippen molar-refractivity contribution in [1.29, 1.82) is 0 Å². The van der Waals surface area contributed by atoms with Crippen molar-refractivity contribution in [2.24, 2.45) is 0 Å². The molecule has 0 aromatic carbocycles. The van der Waals surface area contributed by atoms with Crippen LogP contribution in [0.2, 0.25) is 0 Å². The number of amides is 4. The average Bonchev–Trinajstić information content (AvgIpc) is 2.68. The zero-order chi connectivity index (χ0) is 29.0. The first-order valence-electron chi connectivity index (χ1n) is 12.0. The van der Waals surface area contributed by atoms with Crippen molar-refractivity contribution in [3.8, 4) is 0 Å². The molecule has 0 fully saturated rings. The Labute approximate surface area is 219 Å². The highest BCUT2D eigenvalue weighted by atomic mass is 16.6. The van der Waals surface area contributed by atoms with E-state index in [4.69, 9.17) is 18.9 Å². The first-order chi connectivity index (χ1) is 16.7. The van der Waals surface area contributed by atoms with Gasteiger partial charge in [0.25, 0.3) is 0 Å². The fraction of sp³-hybridized carbons (Fsp3) is 0.792. The molecule has 0 spiro atoms. The van der Waals surface area contributed by atoms with Gasteiger partial charge in [-0.3, -0.25) is 4.79 Å². The number of esters is 1. The summed E-state index contributed by atoms with van der Waals surface area (Å²) in [5, 5.41) is 7.44. The molecule has 0 rings (SSSR count). The van der Waals surface area contributed by atoms with Gasteiger partial charge in [0.2, 0.25) is 5.91 Å². The van der Waals surface area contributed by atoms with Gasteiger partial charge in [0.05, 0.1) is 13.8 Å². The van der Waals surface area contributed by atoms with E-state index in [1.807, 2.05) is 0 Å². The van der Waals surface area contributed by atoms with Gasteiger partial charge in [-0.25, -0.2) is 19.2 Å². The number of hydrogen-bond acceptors (Lipinski definition) is 9. The number of alkyl carbamates (subject to hydrolysis) is 3. The highest BCUT2D eigenvalue weighted by Gasteiger charge is 2.27. The number of rotatable bonds is 10. The predicted molar refractivity (Wildman–Crippen MR) is 135 cm³/mol. The molecule has 0 saturated heterocycles. The number of hydrogen-bond donors (Lipinski definition) is 3. The summed E-state index contributed by atoms with van der Waals surface area (Å²) in [5.41, 5.74) is -2.22. The Hall–Kier alpha value is -3.25. The van der Waals surface area contributed by atoms with Crippen molar-refractivity contribution in [2.75, 3.05) is 26.9 Å². The maximum Gasteiger partial charge on any atom is 0.409 e. The van der Waals surface area contributed by atoms with Crippen molar-refractivity contribution in [1.82, 2.24) is 20.9 Å². The van der Waals surface area contributed by atoms with E-state index in [0.29, 0.717) is 0 Å². The van der Waals surface area contributed by atoms with Gasteiger partial charge in [0, 0.05) is 19.5 Å². The van der Waals surface area contributed by atoms with Gasteiger partial charge in [0.15, 0.2) is 0 Å².